The monoisotopic (exact) mass is 352 g/mol. The van der Waals surface area contributed by atoms with E-state index in [1.165, 1.54) is 17.5 Å². The topological polar surface area (TPSA) is 67.4 Å². The summed E-state index contributed by atoms with van der Waals surface area (Å²) >= 11 is 0. The summed E-state index contributed by atoms with van der Waals surface area (Å²) < 4.78 is 5.54. The minimum absolute atomic E-state index is 0.0789. The maximum absolute atomic E-state index is 12.0. The first-order valence-electron chi connectivity index (χ1n) is 9.04. The van der Waals surface area contributed by atoms with Gasteiger partial charge in [0.2, 0.25) is 5.91 Å². The molecule has 5 nitrogen and oxygen atoms in total. The van der Waals surface area contributed by atoms with E-state index in [9.17, 15) is 9.59 Å². The van der Waals surface area contributed by atoms with Crippen molar-refractivity contribution < 1.29 is 14.3 Å². The molecular formula is C21H24N2O3. The Bertz CT molecular complexity index is 802. The highest BCUT2D eigenvalue weighted by atomic mass is 16.5. The molecule has 5 heteroatoms. The van der Waals surface area contributed by atoms with Gasteiger partial charge in [0.15, 0.2) is 6.61 Å². The van der Waals surface area contributed by atoms with Gasteiger partial charge in [0.1, 0.15) is 5.75 Å². The van der Waals surface area contributed by atoms with Gasteiger partial charge in [0, 0.05) is 5.69 Å². The van der Waals surface area contributed by atoms with Gasteiger partial charge in [0.05, 0.1) is 6.54 Å². The van der Waals surface area contributed by atoms with Crippen LogP contribution in [0.25, 0.3) is 0 Å². The molecule has 2 aromatic carbocycles. The quantitative estimate of drug-likeness (QED) is 0.805. The van der Waals surface area contributed by atoms with Gasteiger partial charge in [-0.2, -0.15) is 0 Å². The lowest BCUT2D eigenvalue weighted by molar-refractivity contribution is -0.125. The molecule has 0 saturated carbocycles. The summed E-state index contributed by atoms with van der Waals surface area (Å²) in [5.41, 5.74) is 4.51. The van der Waals surface area contributed by atoms with Crippen LogP contribution in [0.3, 0.4) is 0 Å². The molecule has 2 N–H and O–H groups in total. The molecule has 136 valence electrons. The van der Waals surface area contributed by atoms with E-state index in [-0.39, 0.29) is 25.0 Å². The first-order chi connectivity index (χ1) is 12.7. The first kappa shape index (κ1) is 18.0. The maximum atomic E-state index is 12.0. The molecule has 1 aliphatic rings. The molecule has 0 spiro atoms. The van der Waals surface area contributed by atoms with Crippen LogP contribution in [0, 0.1) is 0 Å². The van der Waals surface area contributed by atoms with Gasteiger partial charge in [-0.25, -0.2) is 0 Å². The Morgan fingerprint density at radius 2 is 1.85 bits per heavy atom. The zero-order valence-electron chi connectivity index (χ0n) is 15.0. The van der Waals surface area contributed by atoms with Gasteiger partial charge in [-0.15, -0.1) is 0 Å². The molecule has 0 fully saturated rings. The number of anilines is 1. The third-order valence-corrected chi connectivity index (χ3v) is 4.56. The molecule has 0 unspecified atom stereocenters. The Morgan fingerprint density at radius 3 is 2.69 bits per heavy atom. The second kappa shape index (κ2) is 8.52. The average molecular weight is 352 g/mol. The molecule has 0 aliphatic heterocycles. The van der Waals surface area contributed by atoms with E-state index >= 15 is 0 Å². The lowest BCUT2D eigenvalue weighted by atomic mass is 10.1. The number of carbonyl (C=O) groups is 2. The molecule has 0 radical (unpaired) electrons. The first-order valence-corrected chi connectivity index (χ1v) is 9.04. The average Bonchev–Trinajstić information content (AvgIpc) is 3.13. The highest BCUT2D eigenvalue weighted by Crippen LogP contribution is 2.25. The number of nitrogens with one attached hydrogen (secondary N) is 2. The molecular weight excluding hydrogens is 328 g/mol. The zero-order chi connectivity index (χ0) is 18.4. The fourth-order valence-electron chi connectivity index (χ4n) is 3.16. The van der Waals surface area contributed by atoms with Crippen LogP contribution in [0.2, 0.25) is 0 Å². The van der Waals surface area contributed by atoms with Crippen LogP contribution < -0.4 is 15.4 Å². The van der Waals surface area contributed by atoms with E-state index in [1.54, 1.807) is 0 Å². The molecule has 3 rings (SSSR count). The van der Waals surface area contributed by atoms with Crippen molar-refractivity contribution in [3.05, 3.63) is 59.2 Å². The summed E-state index contributed by atoms with van der Waals surface area (Å²) in [5.74, 6) is 0.128. The van der Waals surface area contributed by atoms with Crippen LogP contribution in [0.4, 0.5) is 5.69 Å². The largest absolute Gasteiger partial charge is 0.484 e. The number of aryl methyl sites for hydroxylation is 3. The Hall–Kier alpha value is -2.82. The summed E-state index contributed by atoms with van der Waals surface area (Å²) in [4.78, 5) is 23.9. The maximum Gasteiger partial charge on any atom is 0.258 e. The van der Waals surface area contributed by atoms with E-state index in [4.69, 9.17) is 4.74 Å². The number of hydrogen-bond acceptors (Lipinski definition) is 3. The molecule has 1 aliphatic carbocycles. The van der Waals surface area contributed by atoms with Crippen molar-refractivity contribution in [3.8, 4) is 5.75 Å². The Balaban J connectivity index is 1.43. The van der Waals surface area contributed by atoms with E-state index in [0.717, 1.165) is 30.5 Å². The number of hydrogen-bond donors (Lipinski definition) is 2. The molecule has 0 atom stereocenters. The van der Waals surface area contributed by atoms with Gasteiger partial charge >= 0.3 is 0 Å². The van der Waals surface area contributed by atoms with Gasteiger partial charge in [-0.1, -0.05) is 31.2 Å². The highest BCUT2D eigenvalue weighted by molar-refractivity contribution is 5.95. The van der Waals surface area contributed by atoms with Gasteiger partial charge in [-0.05, 0) is 60.6 Å². The van der Waals surface area contributed by atoms with E-state index in [0.29, 0.717) is 5.75 Å². The number of amides is 2. The number of rotatable bonds is 7. The zero-order valence-corrected chi connectivity index (χ0v) is 15.0. The van der Waals surface area contributed by atoms with Crippen molar-refractivity contribution in [1.29, 1.82) is 0 Å². The van der Waals surface area contributed by atoms with Crippen molar-refractivity contribution in [2.75, 3.05) is 18.5 Å². The number of carbonyl (C=O) groups excluding carboxylic acids is 2. The molecule has 0 aromatic heterocycles. The standard InChI is InChI=1S/C21H24N2O3/c1-2-15-6-3-4-9-19(15)23-20(24)13-22-21(25)14-26-18-11-10-16-7-5-8-17(16)12-18/h3-4,6,9-12H,2,5,7-8,13-14H2,1H3,(H,22,25)(H,23,24). The summed E-state index contributed by atoms with van der Waals surface area (Å²) in [5, 5.41) is 5.41. The van der Waals surface area contributed by atoms with Crippen molar-refractivity contribution in [2.24, 2.45) is 0 Å². The molecule has 0 heterocycles. The summed E-state index contributed by atoms with van der Waals surface area (Å²) in [6, 6.07) is 13.6. The van der Waals surface area contributed by atoms with Gasteiger partial charge in [-0.3, -0.25) is 9.59 Å². The minimum Gasteiger partial charge on any atom is -0.484 e. The number of ether oxygens (including phenoxy) is 1. The predicted octanol–water partition coefficient (Wildman–Crippen LogP) is 2.87. The summed E-state index contributed by atoms with van der Waals surface area (Å²) in [6.07, 6.45) is 4.19. The molecule has 2 amide bonds. The summed E-state index contributed by atoms with van der Waals surface area (Å²) in [6.45, 7) is 1.85. The Labute approximate surface area is 153 Å². The van der Waals surface area contributed by atoms with Crippen molar-refractivity contribution in [3.63, 3.8) is 0 Å². The summed E-state index contributed by atoms with van der Waals surface area (Å²) in [7, 11) is 0. The lowest BCUT2D eigenvalue weighted by Gasteiger charge is -2.11. The molecule has 26 heavy (non-hydrogen) atoms. The van der Waals surface area contributed by atoms with Crippen molar-refractivity contribution >= 4 is 17.5 Å². The van der Waals surface area contributed by atoms with Crippen molar-refractivity contribution in [1.82, 2.24) is 5.32 Å². The van der Waals surface area contributed by atoms with Crippen LogP contribution >= 0.6 is 0 Å². The minimum atomic E-state index is -0.315. The normalized spacial score (nSPS) is 12.3. The van der Waals surface area contributed by atoms with Gasteiger partial charge in [0.25, 0.3) is 5.91 Å². The smallest absolute Gasteiger partial charge is 0.258 e. The SMILES string of the molecule is CCc1ccccc1NC(=O)CNC(=O)COc1ccc2c(c1)CCC2. The number of fused-ring (bicyclic) bond motifs is 1. The molecule has 0 bridgehead atoms. The number of para-hydroxylation sites is 1. The van der Waals surface area contributed by atoms with Crippen LogP contribution in [-0.4, -0.2) is 25.0 Å². The number of benzene rings is 2. The second-order valence-corrected chi connectivity index (χ2v) is 6.41. The molecule has 0 saturated heterocycles. The van der Waals surface area contributed by atoms with Crippen LogP contribution in [0.5, 0.6) is 5.75 Å². The van der Waals surface area contributed by atoms with Crippen molar-refractivity contribution in [2.45, 2.75) is 32.6 Å². The fourth-order valence-corrected chi connectivity index (χ4v) is 3.16. The van der Waals surface area contributed by atoms with E-state index in [1.807, 2.05) is 43.3 Å². The lowest BCUT2D eigenvalue weighted by Crippen LogP contribution is -2.35. The molecule has 2 aromatic rings. The second-order valence-electron chi connectivity index (χ2n) is 6.41. The van der Waals surface area contributed by atoms with Crippen LogP contribution in [-0.2, 0) is 28.9 Å². The Morgan fingerprint density at radius 1 is 1.04 bits per heavy atom. The predicted molar refractivity (Wildman–Crippen MR) is 101 cm³/mol. The Kier molecular flexibility index (Phi) is 5.89. The third kappa shape index (κ3) is 4.63. The highest BCUT2D eigenvalue weighted by Gasteiger charge is 2.12. The van der Waals surface area contributed by atoms with E-state index < -0.39 is 0 Å². The van der Waals surface area contributed by atoms with E-state index in [2.05, 4.69) is 16.7 Å². The fraction of sp³-hybridized carbons (Fsp3) is 0.333. The van der Waals surface area contributed by atoms with Crippen LogP contribution in [0.1, 0.15) is 30.0 Å². The van der Waals surface area contributed by atoms with Crippen LogP contribution in [0.15, 0.2) is 42.5 Å². The third-order valence-electron chi connectivity index (χ3n) is 4.56. The van der Waals surface area contributed by atoms with Gasteiger partial charge < -0.3 is 15.4 Å².